The number of anilines is 1. The first kappa shape index (κ1) is 10.5. The molecule has 0 radical (unpaired) electrons. The first-order valence-corrected chi connectivity index (χ1v) is 5.52. The van der Waals surface area contributed by atoms with Crippen LogP contribution in [0.15, 0.2) is 23.1 Å². The number of carboxylic acid groups (broad SMARTS) is 1. The molecule has 0 fully saturated rings. The largest absolute Gasteiger partial charge is 0.545 e. The summed E-state index contributed by atoms with van der Waals surface area (Å²) in [6.45, 7) is 0. The Bertz CT molecular complexity index is 478. The minimum absolute atomic E-state index is 0.0163. The molecule has 76 valence electrons. The fraction of sp³-hybridized carbons (Fsp3) is 0.125. The zero-order valence-electron chi connectivity index (χ0n) is 7.35. The Hall–Kier alpha value is -1.56. The smallest absolute Gasteiger partial charge is 0.175 e. The van der Waals surface area contributed by atoms with Gasteiger partial charge in [-0.1, -0.05) is 0 Å². The number of carbonyl (C=O) groups excluding carboxylic acids is 1. The van der Waals surface area contributed by atoms with E-state index in [1.165, 1.54) is 12.1 Å². The zero-order chi connectivity index (χ0) is 10.9. The zero-order valence-corrected chi connectivity index (χ0v) is 8.17. The first-order chi connectivity index (χ1) is 6.32. The molecule has 1 aromatic carbocycles. The van der Waals surface area contributed by atoms with E-state index >= 15 is 0 Å². The van der Waals surface area contributed by atoms with Crippen molar-refractivity contribution in [3.05, 3.63) is 23.8 Å². The van der Waals surface area contributed by atoms with Crippen molar-refractivity contribution in [1.29, 1.82) is 0 Å². The summed E-state index contributed by atoms with van der Waals surface area (Å²) in [5.74, 6) is -1.49. The predicted octanol–water partition coefficient (Wildman–Crippen LogP) is -0.964. The molecule has 5 nitrogen and oxygen atoms in total. The summed E-state index contributed by atoms with van der Waals surface area (Å²) in [6.07, 6.45) is 0.984. The normalized spacial score (nSPS) is 11.2. The molecular formula is C8H8NO4S-. The van der Waals surface area contributed by atoms with E-state index < -0.39 is 15.8 Å². The molecule has 0 spiro atoms. The number of rotatable bonds is 2. The highest BCUT2D eigenvalue weighted by molar-refractivity contribution is 7.90. The summed E-state index contributed by atoms with van der Waals surface area (Å²) in [5, 5.41) is 10.5. The number of carboxylic acids is 1. The van der Waals surface area contributed by atoms with Gasteiger partial charge < -0.3 is 15.6 Å². The summed E-state index contributed by atoms with van der Waals surface area (Å²) < 4.78 is 22.1. The Labute approximate surface area is 81.1 Å². The summed E-state index contributed by atoms with van der Waals surface area (Å²) in [7, 11) is -3.42. The Morgan fingerprint density at radius 3 is 2.43 bits per heavy atom. The molecule has 14 heavy (non-hydrogen) atoms. The maximum Gasteiger partial charge on any atom is 0.175 e. The highest BCUT2D eigenvalue weighted by atomic mass is 32.2. The fourth-order valence-corrected chi connectivity index (χ4v) is 1.59. The maximum absolute atomic E-state index is 11.1. The SMILES string of the molecule is CS(=O)(=O)c1ccc(N)c(C(=O)[O-])c1. The van der Waals surface area contributed by atoms with Gasteiger partial charge in [0.05, 0.1) is 10.9 Å². The van der Waals surface area contributed by atoms with Crippen LogP contribution in [-0.4, -0.2) is 20.6 Å². The maximum atomic E-state index is 11.1. The van der Waals surface area contributed by atoms with Gasteiger partial charge in [0, 0.05) is 17.5 Å². The van der Waals surface area contributed by atoms with Gasteiger partial charge in [0.1, 0.15) is 0 Å². The van der Waals surface area contributed by atoms with Gasteiger partial charge in [0.25, 0.3) is 0 Å². The van der Waals surface area contributed by atoms with Crippen LogP contribution < -0.4 is 10.8 Å². The molecule has 0 unspecified atom stereocenters. The van der Waals surface area contributed by atoms with E-state index in [2.05, 4.69) is 0 Å². The molecule has 0 bridgehead atoms. The average Bonchev–Trinajstić information content (AvgIpc) is 2.02. The van der Waals surface area contributed by atoms with Crippen LogP contribution in [0.4, 0.5) is 5.69 Å². The lowest BCUT2D eigenvalue weighted by Crippen LogP contribution is -2.23. The minimum atomic E-state index is -3.42. The Balaban J connectivity index is 3.42. The second kappa shape index (κ2) is 3.30. The van der Waals surface area contributed by atoms with Gasteiger partial charge in [0.2, 0.25) is 0 Å². The third-order valence-electron chi connectivity index (χ3n) is 1.67. The van der Waals surface area contributed by atoms with Gasteiger partial charge >= 0.3 is 0 Å². The molecule has 2 N–H and O–H groups in total. The Morgan fingerprint density at radius 1 is 1.43 bits per heavy atom. The molecule has 0 saturated carbocycles. The Morgan fingerprint density at radius 2 is 2.00 bits per heavy atom. The van der Waals surface area contributed by atoms with E-state index in [1.807, 2.05) is 0 Å². The van der Waals surface area contributed by atoms with Crippen LogP contribution >= 0.6 is 0 Å². The summed E-state index contributed by atoms with van der Waals surface area (Å²) in [4.78, 5) is 10.4. The van der Waals surface area contributed by atoms with Crippen molar-refractivity contribution in [2.45, 2.75) is 4.90 Å². The number of nitrogen functional groups attached to an aromatic ring is 1. The predicted molar refractivity (Wildman–Crippen MR) is 48.3 cm³/mol. The molecule has 0 aliphatic rings. The lowest BCUT2D eigenvalue weighted by atomic mass is 10.2. The van der Waals surface area contributed by atoms with E-state index in [0.29, 0.717) is 0 Å². The monoisotopic (exact) mass is 214 g/mol. The van der Waals surface area contributed by atoms with Gasteiger partial charge in [-0.25, -0.2) is 8.42 Å². The van der Waals surface area contributed by atoms with E-state index in [0.717, 1.165) is 12.3 Å². The highest BCUT2D eigenvalue weighted by Crippen LogP contribution is 2.16. The standard InChI is InChI=1S/C8H9NO4S/c1-14(12,13)5-2-3-7(9)6(4-5)8(10)11/h2-4H,9H2,1H3,(H,10,11)/p-1. The lowest BCUT2D eigenvalue weighted by Gasteiger charge is -2.07. The van der Waals surface area contributed by atoms with E-state index in [4.69, 9.17) is 5.73 Å². The van der Waals surface area contributed by atoms with E-state index in [-0.39, 0.29) is 16.1 Å². The molecular weight excluding hydrogens is 206 g/mol. The number of hydrogen-bond donors (Lipinski definition) is 1. The second-order valence-corrected chi connectivity index (χ2v) is 4.82. The van der Waals surface area contributed by atoms with Crippen molar-refractivity contribution >= 4 is 21.5 Å². The quantitative estimate of drug-likeness (QED) is 0.639. The highest BCUT2D eigenvalue weighted by Gasteiger charge is 2.09. The van der Waals surface area contributed by atoms with Gasteiger partial charge in [0.15, 0.2) is 9.84 Å². The summed E-state index contributed by atoms with van der Waals surface area (Å²) >= 11 is 0. The number of sulfone groups is 1. The number of aromatic carboxylic acids is 1. The lowest BCUT2D eigenvalue weighted by molar-refractivity contribution is -0.254. The van der Waals surface area contributed by atoms with Crippen LogP contribution in [0, 0.1) is 0 Å². The first-order valence-electron chi connectivity index (χ1n) is 3.63. The van der Waals surface area contributed by atoms with Gasteiger partial charge in [-0.15, -0.1) is 0 Å². The van der Waals surface area contributed by atoms with Gasteiger partial charge in [-0.3, -0.25) is 0 Å². The third-order valence-corrected chi connectivity index (χ3v) is 2.78. The molecule has 0 aliphatic heterocycles. The molecule has 0 saturated heterocycles. The number of benzene rings is 1. The second-order valence-electron chi connectivity index (χ2n) is 2.81. The molecule has 0 aromatic heterocycles. The average molecular weight is 214 g/mol. The van der Waals surface area contributed by atoms with Crippen molar-refractivity contribution < 1.29 is 18.3 Å². The van der Waals surface area contributed by atoms with Crippen LogP contribution in [0.5, 0.6) is 0 Å². The fourth-order valence-electron chi connectivity index (χ4n) is 0.943. The molecule has 0 atom stereocenters. The van der Waals surface area contributed by atoms with Crippen LogP contribution in [0.1, 0.15) is 10.4 Å². The van der Waals surface area contributed by atoms with Crippen molar-refractivity contribution in [2.75, 3.05) is 12.0 Å². The van der Waals surface area contributed by atoms with Crippen LogP contribution in [-0.2, 0) is 9.84 Å². The Kier molecular flexibility index (Phi) is 2.48. The van der Waals surface area contributed by atoms with Crippen molar-refractivity contribution in [3.63, 3.8) is 0 Å². The van der Waals surface area contributed by atoms with E-state index in [1.54, 1.807) is 0 Å². The molecule has 0 heterocycles. The van der Waals surface area contributed by atoms with Crippen LogP contribution in [0.3, 0.4) is 0 Å². The summed E-state index contributed by atoms with van der Waals surface area (Å²) in [6, 6.07) is 3.46. The van der Waals surface area contributed by atoms with Gasteiger partial charge in [-0.2, -0.15) is 0 Å². The summed E-state index contributed by atoms with van der Waals surface area (Å²) in [5.41, 5.74) is 4.99. The van der Waals surface area contributed by atoms with E-state index in [9.17, 15) is 18.3 Å². The van der Waals surface area contributed by atoms with Crippen LogP contribution in [0.2, 0.25) is 0 Å². The van der Waals surface area contributed by atoms with Crippen molar-refractivity contribution in [2.24, 2.45) is 0 Å². The molecule has 1 aromatic rings. The number of hydrogen-bond acceptors (Lipinski definition) is 5. The molecule has 1 rings (SSSR count). The van der Waals surface area contributed by atoms with Gasteiger partial charge in [-0.05, 0) is 18.2 Å². The topological polar surface area (TPSA) is 100 Å². The minimum Gasteiger partial charge on any atom is -0.545 e. The third kappa shape index (κ3) is 2.02. The number of carbonyl (C=O) groups is 1. The van der Waals surface area contributed by atoms with Crippen molar-refractivity contribution in [3.8, 4) is 0 Å². The van der Waals surface area contributed by atoms with Crippen LogP contribution in [0.25, 0.3) is 0 Å². The molecule has 0 aliphatic carbocycles. The number of nitrogens with two attached hydrogens (primary N) is 1. The molecule has 6 heteroatoms. The van der Waals surface area contributed by atoms with Crippen molar-refractivity contribution in [1.82, 2.24) is 0 Å². The molecule has 0 amide bonds.